The first-order chi connectivity index (χ1) is 6.91. The van der Waals surface area contributed by atoms with E-state index in [1.165, 1.54) is 11.3 Å². The molecular weight excluding hydrogens is 182 g/mol. The summed E-state index contributed by atoms with van der Waals surface area (Å²) in [6, 6.07) is 10.7. The summed E-state index contributed by atoms with van der Waals surface area (Å²) < 4.78 is 0. The third kappa shape index (κ3) is 3.50. The van der Waals surface area contributed by atoms with Gasteiger partial charge in [-0.2, -0.15) is 0 Å². The van der Waals surface area contributed by atoms with E-state index in [1.807, 2.05) is 6.07 Å². The lowest BCUT2D eigenvalue weighted by Gasteiger charge is -2.20. The molecule has 0 aliphatic carbocycles. The first kappa shape index (κ1) is 12.0. The maximum absolute atomic E-state index is 4.74. The minimum Gasteiger partial charge on any atom is -0.286 e. The van der Waals surface area contributed by atoms with Gasteiger partial charge >= 0.3 is 0 Å². The van der Waals surface area contributed by atoms with Crippen molar-refractivity contribution < 1.29 is 0 Å². The van der Waals surface area contributed by atoms with Gasteiger partial charge in [0.05, 0.1) is 6.04 Å². The Balaban J connectivity index is 2.84. The third-order valence-electron chi connectivity index (χ3n) is 2.75. The number of nitrogens with zero attached hydrogens (tertiary/aromatic N) is 1. The highest BCUT2D eigenvalue weighted by molar-refractivity contribution is 5.87. The second-order valence-electron chi connectivity index (χ2n) is 5.05. The molecule has 1 aromatic rings. The molecule has 0 amide bonds. The molecule has 1 atom stereocenters. The fraction of sp³-hybridized carbons (Fsp3) is 0.500. The van der Waals surface area contributed by atoms with Crippen LogP contribution >= 0.6 is 0 Å². The van der Waals surface area contributed by atoms with E-state index < -0.39 is 0 Å². The Hall–Kier alpha value is -1.11. The van der Waals surface area contributed by atoms with Crippen LogP contribution in [0.15, 0.2) is 35.3 Å². The second-order valence-corrected chi connectivity index (χ2v) is 5.05. The molecule has 0 unspecified atom stereocenters. The van der Waals surface area contributed by atoms with Gasteiger partial charge in [-0.25, -0.2) is 0 Å². The number of rotatable bonds is 2. The highest BCUT2D eigenvalue weighted by atomic mass is 14.8. The maximum atomic E-state index is 4.74. The number of benzene rings is 1. The van der Waals surface area contributed by atoms with Crippen molar-refractivity contribution in [2.75, 3.05) is 0 Å². The fourth-order valence-electron chi connectivity index (χ4n) is 1.29. The number of hydrogen-bond donors (Lipinski definition) is 0. The zero-order valence-electron chi connectivity index (χ0n) is 10.4. The molecule has 1 nitrogen and oxygen atoms in total. The molecular formula is C14H21N. The maximum Gasteiger partial charge on any atom is 0.0720 e. The van der Waals surface area contributed by atoms with E-state index in [0.29, 0.717) is 0 Å². The highest BCUT2D eigenvalue weighted by Gasteiger charge is 2.15. The largest absolute Gasteiger partial charge is 0.286 e. The van der Waals surface area contributed by atoms with Gasteiger partial charge in [-0.3, -0.25) is 4.99 Å². The van der Waals surface area contributed by atoms with E-state index in [4.69, 9.17) is 4.99 Å². The Labute approximate surface area is 93.2 Å². The average molecular weight is 203 g/mol. The van der Waals surface area contributed by atoms with Crippen molar-refractivity contribution in [1.82, 2.24) is 0 Å². The molecule has 0 heterocycles. The standard InChI is InChI=1S/C14H21N/c1-11(13-9-7-6-8-10-13)15-12(2)14(3,4)5/h6-11H,1-5H3/t11-/m0/s1. The van der Waals surface area contributed by atoms with Crippen LogP contribution in [-0.2, 0) is 0 Å². The zero-order valence-corrected chi connectivity index (χ0v) is 10.4. The van der Waals surface area contributed by atoms with Crippen molar-refractivity contribution in [2.24, 2.45) is 10.4 Å². The van der Waals surface area contributed by atoms with Crippen LogP contribution in [-0.4, -0.2) is 5.71 Å². The van der Waals surface area contributed by atoms with E-state index in [-0.39, 0.29) is 11.5 Å². The molecule has 0 aliphatic rings. The zero-order chi connectivity index (χ0) is 11.5. The molecule has 1 heteroatoms. The van der Waals surface area contributed by atoms with Gasteiger partial charge in [-0.15, -0.1) is 0 Å². The summed E-state index contributed by atoms with van der Waals surface area (Å²) >= 11 is 0. The Morgan fingerprint density at radius 2 is 1.67 bits per heavy atom. The van der Waals surface area contributed by atoms with Crippen molar-refractivity contribution in [1.29, 1.82) is 0 Å². The Bertz CT molecular complexity index is 330. The molecule has 0 spiro atoms. The van der Waals surface area contributed by atoms with Gasteiger partial charge in [-0.1, -0.05) is 51.1 Å². The predicted octanol–water partition coefficient (Wildman–Crippen LogP) is 4.25. The van der Waals surface area contributed by atoms with Crippen molar-refractivity contribution >= 4 is 5.71 Å². The van der Waals surface area contributed by atoms with Crippen LogP contribution in [0.2, 0.25) is 0 Å². The molecule has 0 aliphatic heterocycles. The van der Waals surface area contributed by atoms with Crippen LogP contribution in [0.1, 0.15) is 46.2 Å². The Morgan fingerprint density at radius 1 is 1.13 bits per heavy atom. The van der Waals surface area contributed by atoms with Crippen LogP contribution in [0.4, 0.5) is 0 Å². The molecule has 0 N–H and O–H groups in total. The van der Waals surface area contributed by atoms with Gasteiger partial charge in [0, 0.05) is 5.71 Å². The third-order valence-corrected chi connectivity index (χ3v) is 2.75. The first-order valence-corrected chi connectivity index (χ1v) is 5.51. The second kappa shape index (κ2) is 4.61. The van der Waals surface area contributed by atoms with Crippen molar-refractivity contribution in [2.45, 2.75) is 40.7 Å². The van der Waals surface area contributed by atoms with E-state index in [1.54, 1.807) is 0 Å². The normalized spacial score (nSPS) is 15.1. The van der Waals surface area contributed by atoms with E-state index in [2.05, 4.69) is 58.9 Å². The molecule has 1 rings (SSSR count). The van der Waals surface area contributed by atoms with E-state index in [9.17, 15) is 0 Å². The van der Waals surface area contributed by atoms with Gasteiger partial charge in [-0.05, 0) is 24.8 Å². The van der Waals surface area contributed by atoms with Crippen LogP contribution in [0.25, 0.3) is 0 Å². The molecule has 0 radical (unpaired) electrons. The van der Waals surface area contributed by atoms with Crippen molar-refractivity contribution in [3.63, 3.8) is 0 Å². The van der Waals surface area contributed by atoms with Gasteiger partial charge in [0.1, 0.15) is 0 Å². The minimum absolute atomic E-state index is 0.170. The lowest BCUT2D eigenvalue weighted by atomic mass is 9.91. The fourth-order valence-corrected chi connectivity index (χ4v) is 1.29. The molecule has 0 aromatic heterocycles. The smallest absolute Gasteiger partial charge is 0.0720 e. The van der Waals surface area contributed by atoms with Crippen molar-refractivity contribution in [3.8, 4) is 0 Å². The average Bonchev–Trinajstić information content (AvgIpc) is 2.17. The molecule has 15 heavy (non-hydrogen) atoms. The van der Waals surface area contributed by atoms with E-state index in [0.717, 1.165) is 0 Å². The lowest BCUT2D eigenvalue weighted by molar-refractivity contribution is 0.579. The summed E-state index contributed by atoms with van der Waals surface area (Å²) in [4.78, 5) is 4.74. The quantitative estimate of drug-likeness (QED) is 0.637. The summed E-state index contributed by atoms with van der Waals surface area (Å²) in [6.07, 6.45) is 0. The van der Waals surface area contributed by atoms with Crippen molar-refractivity contribution in [3.05, 3.63) is 35.9 Å². The Kier molecular flexibility index (Phi) is 3.67. The van der Waals surface area contributed by atoms with Gasteiger partial charge in [0.15, 0.2) is 0 Å². The molecule has 1 aromatic carbocycles. The topological polar surface area (TPSA) is 12.4 Å². The molecule has 0 saturated carbocycles. The number of hydrogen-bond acceptors (Lipinski definition) is 1. The minimum atomic E-state index is 0.170. The highest BCUT2D eigenvalue weighted by Crippen LogP contribution is 2.22. The molecule has 82 valence electrons. The lowest BCUT2D eigenvalue weighted by Crippen LogP contribution is -2.17. The summed E-state index contributed by atoms with van der Waals surface area (Å²) in [5.41, 5.74) is 2.66. The van der Waals surface area contributed by atoms with Crippen LogP contribution in [0.5, 0.6) is 0 Å². The molecule has 0 saturated heterocycles. The molecule has 0 fully saturated rings. The number of aliphatic imine (C=N–C) groups is 1. The van der Waals surface area contributed by atoms with Crippen LogP contribution in [0, 0.1) is 5.41 Å². The summed E-state index contributed by atoms with van der Waals surface area (Å²) in [5, 5.41) is 0. The van der Waals surface area contributed by atoms with Gasteiger partial charge < -0.3 is 0 Å². The van der Waals surface area contributed by atoms with Gasteiger partial charge in [0.25, 0.3) is 0 Å². The van der Waals surface area contributed by atoms with Crippen LogP contribution < -0.4 is 0 Å². The Morgan fingerprint density at radius 3 is 2.13 bits per heavy atom. The predicted molar refractivity (Wildman–Crippen MR) is 67.4 cm³/mol. The van der Waals surface area contributed by atoms with Crippen LogP contribution in [0.3, 0.4) is 0 Å². The SMILES string of the molecule is CC(=N[C@@H](C)c1ccccc1)C(C)(C)C. The summed E-state index contributed by atoms with van der Waals surface area (Å²) in [7, 11) is 0. The first-order valence-electron chi connectivity index (χ1n) is 5.51. The monoisotopic (exact) mass is 203 g/mol. The molecule has 0 bridgehead atoms. The van der Waals surface area contributed by atoms with Gasteiger partial charge in [0.2, 0.25) is 0 Å². The van der Waals surface area contributed by atoms with E-state index >= 15 is 0 Å². The summed E-state index contributed by atoms with van der Waals surface area (Å²) in [5.74, 6) is 0. The summed E-state index contributed by atoms with van der Waals surface area (Å²) in [6.45, 7) is 10.8.